The van der Waals surface area contributed by atoms with Crippen LogP contribution < -0.4 is 17.0 Å². The van der Waals surface area contributed by atoms with E-state index in [1.807, 2.05) is 13.8 Å². The van der Waals surface area contributed by atoms with Crippen LogP contribution in [-0.2, 0) is 23.8 Å². The quantitative estimate of drug-likeness (QED) is 0.504. The zero-order chi connectivity index (χ0) is 22.9. The Hall–Kier alpha value is -2.99. The summed E-state index contributed by atoms with van der Waals surface area (Å²) in [6.07, 6.45) is -0.500. The summed E-state index contributed by atoms with van der Waals surface area (Å²) < 4.78 is 18.4. The molecule has 1 aliphatic rings. The van der Waals surface area contributed by atoms with E-state index in [1.165, 1.54) is 10.9 Å². The van der Waals surface area contributed by atoms with Gasteiger partial charge in [0.1, 0.15) is 31.1 Å². The van der Waals surface area contributed by atoms with Gasteiger partial charge in [0.25, 0.3) is 5.56 Å². The van der Waals surface area contributed by atoms with Crippen LogP contribution in [0.5, 0.6) is 0 Å². The number of carbonyl (C=O) groups is 2. The highest BCUT2D eigenvalue weighted by molar-refractivity contribution is 5.76. The number of hydrogen-bond acceptors (Lipinski definition) is 10. The average molecular weight is 436 g/mol. The Bertz CT molecular complexity index is 1010. The van der Waals surface area contributed by atoms with Gasteiger partial charge >= 0.3 is 11.9 Å². The van der Waals surface area contributed by atoms with E-state index in [-0.39, 0.29) is 42.0 Å². The highest BCUT2D eigenvalue weighted by Gasteiger charge is 2.41. The monoisotopic (exact) mass is 436 g/mol. The lowest BCUT2D eigenvalue weighted by Crippen LogP contribution is -2.41. The molecule has 5 N–H and O–H groups in total. The molecule has 0 aromatic carbocycles. The van der Waals surface area contributed by atoms with E-state index in [2.05, 4.69) is 15.0 Å². The smallest absolute Gasteiger partial charge is 0.323 e. The van der Waals surface area contributed by atoms with Crippen LogP contribution in [0.25, 0.3) is 11.2 Å². The first-order chi connectivity index (χ1) is 14.6. The molecule has 12 nitrogen and oxygen atoms in total. The Kier molecular flexibility index (Phi) is 6.60. The van der Waals surface area contributed by atoms with Crippen molar-refractivity contribution in [3.05, 3.63) is 16.7 Å². The summed E-state index contributed by atoms with van der Waals surface area (Å²) in [6, 6.07) is -0.799. The van der Waals surface area contributed by atoms with Crippen molar-refractivity contribution in [2.24, 2.45) is 17.6 Å². The topological polar surface area (TPSA) is 177 Å². The Balaban J connectivity index is 1.84. The highest BCUT2D eigenvalue weighted by atomic mass is 16.6. The molecule has 4 atom stereocenters. The maximum atomic E-state index is 12.4. The Labute approximate surface area is 178 Å². The number of nitrogens with one attached hydrogen (secondary N) is 1. The summed E-state index contributed by atoms with van der Waals surface area (Å²) in [7, 11) is 0. The van der Waals surface area contributed by atoms with Crippen LogP contribution in [0.15, 0.2) is 11.1 Å². The van der Waals surface area contributed by atoms with E-state index >= 15 is 0 Å². The molecule has 12 heteroatoms. The van der Waals surface area contributed by atoms with Gasteiger partial charge in [-0.2, -0.15) is 4.98 Å². The second kappa shape index (κ2) is 9.02. The standard InChI is InChI=1S/C19H28N6O6/c1-8(2)13(20)18(28)31-10-5-12(30-11(10)6-29-17(27)9(3)4)25-7-22-14-15(25)23-19(21)24-16(14)26/h7-13H,5-6,20H2,1-4H3,(H3,21,23,24,26)/t10?,11-,12-,13+/m1/s1. The van der Waals surface area contributed by atoms with Crippen LogP contribution in [0.2, 0.25) is 0 Å². The summed E-state index contributed by atoms with van der Waals surface area (Å²) in [5, 5.41) is 0. The molecule has 3 rings (SSSR count). The first-order valence-corrected chi connectivity index (χ1v) is 10.1. The Morgan fingerprint density at radius 3 is 2.68 bits per heavy atom. The molecule has 0 amide bonds. The van der Waals surface area contributed by atoms with Gasteiger partial charge in [-0.15, -0.1) is 0 Å². The van der Waals surface area contributed by atoms with Gasteiger partial charge in [0.2, 0.25) is 5.95 Å². The molecule has 2 aromatic heterocycles. The van der Waals surface area contributed by atoms with Crippen LogP contribution >= 0.6 is 0 Å². The van der Waals surface area contributed by atoms with Crippen LogP contribution in [0, 0.1) is 11.8 Å². The van der Waals surface area contributed by atoms with Gasteiger partial charge in [0.15, 0.2) is 11.2 Å². The number of fused-ring (bicyclic) bond motifs is 1. The van der Waals surface area contributed by atoms with Gasteiger partial charge in [-0.25, -0.2) is 4.98 Å². The van der Waals surface area contributed by atoms with Crippen LogP contribution in [0.4, 0.5) is 5.95 Å². The second-order valence-electron chi connectivity index (χ2n) is 8.17. The molecule has 0 aliphatic carbocycles. The molecule has 1 aliphatic heterocycles. The third-order valence-electron chi connectivity index (χ3n) is 5.06. The van der Waals surface area contributed by atoms with Gasteiger partial charge in [-0.1, -0.05) is 27.7 Å². The van der Waals surface area contributed by atoms with Crippen molar-refractivity contribution in [2.45, 2.75) is 58.6 Å². The minimum absolute atomic E-state index is 0.0643. The number of ether oxygens (including phenoxy) is 3. The average Bonchev–Trinajstić information content (AvgIpc) is 3.29. The molecule has 0 spiro atoms. The van der Waals surface area contributed by atoms with Gasteiger partial charge < -0.3 is 25.7 Å². The fourth-order valence-corrected chi connectivity index (χ4v) is 3.13. The third-order valence-corrected chi connectivity index (χ3v) is 5.06. The second-order valence-corrected chi connectivity index (χ2v) is 8.17. The minimum atomic E-state index is -0.799. The van der Waals surface area contributed by atoms with Crippen molar-refractivity contribution in [3.63, 3.8) is 0 Å². The number of nitrogens with zero attached hydrogens (tertiary/aromatic N) is 3. The largest absolute Gasteiger partial charge is 0.463 e. The lowest BCUT2D eigenvalue weighted by atomic mass is 10.1. The van der Waals surface area contributed by atoms with Crippen molar-refractivity contribution in [3.8, 4) is 0 Å². The molecule has 1 fully saturated rings. The summed E-state index contributed by atoms with van der Waals surface area (Å²) in [4.78, 5) is 47.0. The zero-order valence-electron chi connectivity index (χ0n) is 17.9. The number of nitrogen functional groups attached to an aromatic ring is 1. The van der Waals surface area contributed by atoms with Gasteiger partial charge in [-0.3, -0.25) is 23.9 Å². The third kappa shape index (κ3) is 4.85. The number of anilines is 1. The molecule has 3 heterocycles. The minimum Gasteiger partial charge on any atom is -0.463 e. The van der Waals surface area contributed by atoms with Crippen molar-refractivity contribution in [1.29, 1.82) is 0 Å². The number of esters is 2. The van der Waals surface area contributed by atoms with E-state index in [9.17, 15) is 14.4 Å². The van der Waals surface area contributed by atoms with Crippen LogP contribution in [0.1, 0.15) is 40.3 Å². The van der Waals surface area contributed by atoms with Crippen molar-refractivity contribution >= 4 is 29.1 Å². The summed E-state index contributed by atoms with van der Waals surface area (Å²) >= 11 is 0. The number of hydrogen-bond donors (Lipinski definition) is 3. The van der Waals surface area contributed by atoms with E-state index in [0.717, 1.165) is 0 Å². The van der Waals surface area contributed by atoms with E-state index in [4.69, 9.17) is 25.7 Å². The Morgan fingerprint density at radius 2 is 2.03 bits per heavy atom. The predicted octanol–water partition coefficient (Wildman–Crippen LogP) is 0.0836. The molecule has 1 saturated heterocycles. The number of carbonyl (C=O) groups excluding carboxylic acids is 2. The van der Waals surface area contributed by atoms with Crippen molar-refractivity contribution in [1.82, 2.24) is 19.5 Å². The first kappa shape index (κ1) is 22.7. The van der Waals surface area contributed by atoms with Gasteiger partial charge in [0.05, 0.1) is 12.2 Å². The number of rotatable bonds is 7. The fourth-order valence-electron chi connectivity index (χ4n) is 3.13. The molecular formula is C19H28N6O6. The van der Waals surface area contributed by atoms with E-state index < -0.39 is 42.0 Å². The molecular weight excluding hydrogens is 408 g/mol. The predicted molar refractivity (Wildman–Crippen MR) is 110 cm³/mol. The van der Waals surface area contributed by atoms with Gasteiger partial charge in [-0.05, 0) is 5.92 Å². The maximum Gasteiger partial charge on any atom is 0.323 e. The first-order valence-electron chi connectivity index (χ1n) is 10.1. The molecule has 170 valence electrons. The summed E-state index contributed by atoms with van der Waals surface area (Å²) in [6.45, 7) is 6.95. The van der Waals surface area contributed by atoms with Crippen molar-refractivity contribution < 1.29 is 23.8 Å². The normalized spacial score (nSPS) is 22.2. The van der Waals surface area contributed by atoms with Crippen molar-refractivity contribution in [2.75, 3.05) is 12.3 Å². The summed E-state index contributed by atoms with van der Waals surface area (Å²) in [5.41, 5.74) is 11.4. The van der Waals surface area contributed by atoms with Crippen LogP contribution in [-0.4, -0.2) is 56.3 Å². The Morgan fingerprint density at radius 1 is 1.32 bits per heavy atom. The van der Waals surface area contributed by atoms with Gasteiger partial charge in [0, 0.05) is 6.42 Å². The number of aromatic amines is 1. The molecule has 1 unspecified atom stereocenters. The lowest BCUT2D eigenvalue weighted by molar-refractivity contribution is -0.161. The number of aromatic nitrogens is 4. The summed E-state index contributed by atoms with van der Waals surface area (Å²) in [5.74, 6) is -1.46. The zero-order valence-corrected chi connectivity index (χ0v) is 17.9. The highest BCUT2D eigenvalue weighted by Crippen LogP contribution is 2.33. The number of H-pyrrole nitrogens is 1. The SMILES string of the molecule is CC(C)C(=O)OC[C@H]1O[C@@H](n2cnc3c(=O)[nH]c(N)nc32)CC1OC(=O)[C@@H](N)C(C)C. The van der Waals surface area contributed by atoms with E-state index in [1.54, 1.807) is 13.8 Å². The fraction of sp³-hybridized carbons (Fsp3) is 0.632. The van der Waals surface area contributed by atoms with E-state index in [0.29, 0.717) is 0 Å². The molecule has 0 radical (unpaired) electrons. The maximum absolute atomic E-state index is 12.4. The van der Waals surface area contributed by atoms with Crippen LogP contribution in [0.3, 0.4) is 0 Å². The molecule has 31 heavy (non-hydrogen) atoms. The lowest BCUT2D eigenvalue weighted by Gasteiger charge is -2.22. The number of imidazole rings is 1. The molecule has 0 saturated carbocycles. The number of nitrogens with two attached hydrogens (primary N) is 2. The molecule has 2 aromatic rings. The molecule has 0 bridgehead atoms.